The summed E-state index contributed by atoms with van der Waals surface area (Å²) in [5.74, 6) is 0.977. The van der Waals surface area contributed by atoms with E-state index in [-0.39, 0.29) is 18.1 Å². The summed E-state index contributed by atoms with van der Waals surface area (Å²) >= 11 is 0. The van der Waals surface area contributed by atoms with E-state index in [1.165, 1.54) is 6.42 Å². The van der Waals surface area contributed by atoms with E-state index in [2.05, 4.69) is 58.9 Å². The van der Waals surface area contributed by atoms with Crippen molar-refractivity contribution in [2.75, 3.05) is 7.11 Å². The molecule has 0 saturated heterocycles. The smallest absolute Gasteiger partial charge is 0.430 e. The Morgan fingerprint density at radius 3 is 2.16 bits per heavy atom. The summed E-state index contributed by atoms with van der Waals surface area (Å²) < 4.78 is 16.9. The first-order chi connectivity index (χ1) is 14.6. The van der Waals surface area contributed by atoms with Gasteiger partial charge in [0.15, 0.2) is 0 Å². The van der Waals surface area contributed by atoms with Crippen LogP contribution >= 0.6 is 0 Å². The van der Waals surface area contributed by atoms with Gasteiger partial charge in [0.1, 0.15) is 11.7 Å². The first kappa shape index (κ1) is 29.7. The summed E-state index contributed by atoms with van der Waals surface area (Å²) in [4.78, 5) is 12.6. The fourth-order valence-electron chi connectivity index (χ4n) is 4.07. The van der Waals surface area contributed by atoms with E-state index in [0.717, 1.165) is 38.5 Å². The van der Waals surface area contributed by atoms with E-state index >= 15 is 0 Å². The van der Waals surface area contributed by atoms with Crippen LogP contribution in [0.1, 0.15) is 100 Å². The molecule has 0 radical (unpaired) electrons. The molecule has 0 saturated carbocycles. The number of carbonyl (C=O) groups excluding carboxylic acids is 1. The van der Waals surface area contributed by atoms with Crippen LogP contribution in [-0.4, -0.2) is 31.1 Å². The van der Waals surface area contributed by atoms with Crippen molar-refractivity contribution in [1.82, 2.24) is 0 Å². The lowest BCUT2D eigenvalue weighted by molar-refractivity contribution is -0.0639. The first-order valence-corrected chi connectivity index (χ1v) is 12.3. The van der Waals surface area contributed by atoms with Crippen molar-refractivity contribution in [3.05, 3.63) is 24.3 Å². The molecule has 0 heterocycles. The van der Waals surface area contributed by atoms with Gasteiger partial charge in [-0.2, -0.15) is 0 Å². The van der Waals surface area contributed by atoms with Gasteiger partial charge in [-0.1, -0.05) is 78.2 Å². The van der Waals surface area contributed by atoms with Crippen LogP contribution in [0.3, 0.4) is 0 Å². The number of ether oxygens (including phenoxy) is 3. The molecule has 4 unspecified atom stereocenters. The summed E-state index contributed by atoms with van der Waals surface area (Å²) in [6.45, 7) is 16.7. The molecule has 0 aromatic carbocycles. The van der Waals surface area contributed by atoms with E-state index in [9.17, 15) is 4.79 Å². The number of rotatable bonds is 16. The quantitative estimate of drug-likeness (QED) is 0.180. The van der Waals surface area contributed by atoms with Gasteiger partial charge in [0.2, 0.25) is 0 Å². The summed E-state index contributed by atoms with van der Waals surface area (Å²) in [7, 11) is 1.71. The minimum atomic E-state index is -0.577. The highest BCUT2D eigenvalue weighted by molar-refractivity contribution is 5.60. The second-order valence-electron chi connectivity index (χ2n) is 9.84. The second-order valence-corrected chi connectivity index (χ2v) is 9.84. The lowest BCUT2D eigenvalue weighted by atomic mass is 9.86. The standard InChI is InChI=1S/C27H50O4/c1-10-12-19-24(16-11-2)25(21(3)4)30-26(28)31-27(7,8)20-22(5)17-14-13-15-18-23(6)29-9/h14-15,17-18,21-25H,10-13,16,19-20H2,1-9H3/b17-14-,18-15-. The molecule has 0 bridgehead atoms. The molecule has 4 nitrogen and oxygen atoms in total. The molecule has 4 heteroatoms. The van der Waals surface area contributed by atoms with Gasteiger partial charge in [0, 0.05) is 7.11 Å². The fraction of sp³-hybridized carbons (Fsp3) is 0.815. The number of allylic oxidation sites excluding steroid dienone is 3. The van der Waals surface area contributed by atoms with Crippen LogP contribution in [0.15, 0.2) is 24.3 Å². The van der Waals surface area contributed by atoms with Gasteiger partial charge < -0.3 is 14.2 Å². The highest BCUT2D eigenvalue weighted by Gasteiger charge is 2.31. The fourth-order valence-corrected chi connectivity index (χ4v) is 4.07. The minimum Gasteiger partial charge on any atom is -0.430 e. The molecular weight excluding hydrogens is 388 g/mol. The third-order valence-electron chi connectivity index (χ3n) is 5.63. The van der Waals surface area contributed by atoms with E-state index in [4.69, 9.17) is 14.2 Å². The molecule has 0 aromatic heterocycles. The normalized spacial score (nSPS) is 16.6. The van der Waals surface area contributed by atoms with Crippen LogP contribution in [0.4, 0.5) is 4.79 Å². The summed E-state index contributed by atoms with van der Waals surface area (Å²) in [5, 5.41) is 0. The van der Waals surface area contributed by atoms with Gasteiger partial charge in [-0.3, -0.25) is 0 Å². The summed E-state index contributed by atoms with van der Waals surface area (Å²) in [6, 6.07) is 0. The first-order valence-electron chi connectivity index (χ1n) is 12.3. The van der Waals surface area contributed by atoms with Crippen molar-refractivity contribution in [2.45, 2.75) is 118 Å². The Morgan fingerprint density at radius 1 is 0.968 bits per heavy atom. The topological polar surface area (TPSA) is 44.8 Å². The van der Waals surface area contributed by atoms with Crippen LogP contribution in [0, 0.1) is 17.8 Å². The van der Waals surface area contributed by atoms with Gasteiger partial charge >= 0.3 is 6.16 Å². The molecule has 0 N–H and O–H groups in total. The number of hydrogen-bond donors (Lipinski definition) is 0. The summed E-state index contributed by atoms with van der Waals surface area (Å²) in [5.41, 5.74) is -0.577. The monoisotopic (exact) mass is 438 g/mol. The zero-order valence-corrected chi connectivity index (χ0v) is 21.8. The Bertz CT molecular complexity index is 521. The van der Waals surface area contributed by atoms with Crippen LogP contribution in [0.5, 0.6) is 0 Å². The van der Waals surface area contributed by atoms with Crippen molar-refractivity contribution >= 4 is 6.16 Å². The average Bonchev–Trinajstić information content (AvgIpc) is 2.67. The SMILES string of the molecule is CCCCC(CCC)C(OC(=O)OC(C)(C)CC(C)/C=C\C/C=C\C(C)OC)C(C)C. The zero-order valence-electron chi connectivity index (χ0n) is 21.8. The van der Waals surface area contributed by atoms with E-state index < -0.39 is 11.8 Å². The Labute approximate surface area is 192 Å². The molecular formula is C27H50O4. The maximum absolute atomic E-state index is 12.6. The Kier molecular flexibility index (Phi) is 15.7. The largest absolute Gasteiger partial charge is 0.509 e. The number of unbranched alkanes of at least 4 members (excludes halogenated alkanes) is 1. The van der Waals surface area contributed by atoms with Crippen molar-refractivity contribution in [1.29, 1.82) is 0 Å². The maximum atomic E-state index is 12.6. The van der Waals surface area contributed by atoms with Gasteiger partial charge in [-0.05, 0) is 64.2 Å². The van der Waals surface area contributed by atoms with Gasteiger partial charge in [0.05, 0.1) is 6.10 Å². The van der Waals surface area contributed by atoms with Crippen molar-refractivity contribution in [2.24, 2.45) is 17.8 Å². The van der Waals surface area contributed by atoms with Crippen molar-refractivity contribution in [3.8, 4) is 0 Å². The highest BCUT2D eigenvalue weighted by atomic mass is 16.7. The Hall–Kier alpha value is -1.29. The second kappa shape index (κ2) is 16.4. The molecule has 0 rings (SSSR count). The van der Waals surface area contributed by atoms with Crippen LogP contribution in [0.2, 0.25) is 0 Å². The maximum Gasteiger partial charge on any atom is 0.509 e. The highest BCUT2D eigenvalue weighted by Crippen LogP contribution is 2.28. The molecule has 0 aliphatic heterocycles. The number of methoxy groups -OCH3 is 1. The van der Waals surface area contributed by atoms with Crippen molar-refractivity contribution < 1.29 is 19.0 Å². The minimum absolute atomic E-state index is 0.0894. The lowest BCUT2D eigenvalue weighted by Gasteiger charge is -2.32. The average molecular weight is 439 g/mol. The molecule has 4 atom stereocenters. The molecule has 0 amide bonds. The van der Waals surface area contributed by atoms with E-state index in [1.807, 2.05) is 20.8 Å². The van der Waals surface area contributed by atoms with Crippen LogP contribution < -0.4 is 0 Å². The molecule has 0 spiro atoms. The van der Waals surface area contributed by atoms with E-state index in [1.54, 1.807) is 7.11 Å². The van der Waals surface area contributed by atoms with Gasteiger partial charge in [-0.25, -0.2) is 4.79 Å². The predicted octanol–water partition coefficient (Wildman–Crippen LogP) is 8.11. The van der Waals surface area contributed by atoms with Crippen LogP contribution in [-0.2, 0) is 14.2 Å². The zero-order chi connectivity index (χ0) is 23.9. The number of carbonyl (C=O) groups is 1. The van der Waals surface area contributed by atoms with Gasteiger partial charge in [-0.15, -0.1) is 0 Å². The number of hydrogen-bond acceptors (Lipinski definition) is 4. The van der Waals surface area contributed by atoms with E-state index in [0.29, 0.717) is 11.8 Å². The Balaban J connectivity index is 4.76. The molecule has 182 valence electrons. The third kappa shape index (κ3) is 14.4. The molecule has 0 aliphatic carbocycles. The Morgan fingerprint density at radius 2 is 1.61 bits per heavy atom. The van der Waals surface area contributed by atoms with Crippen LogP contribution in [0.25, 0.3) is 0 Å². The molecule has 0 aliphatic rings. The molecule has 31 heavy (non-hydrogen) atoms. The van der Waals surface area contributed by atoms with Crippen molar-refractivity contribution in [3.63, 3.8) is 0 Å². The predicted molar refractivity (Wildman–Crippen MR) is 131 cm³/mol. The molecule has 0 fully saturated rings. The third-order valence-corrected chi connectivity index (χ3v) is 5.63. The summed E-state index contributed by atoms with van der Waals surface area (Å²) in [6.07, 6.45) is 15.2. The lowest BCUT2D eigenvalue weighted by Crippen LogP contribution is -2.36. The molecule has 0 aromatic rings. The van der Waals surface area contributed by atoms with Gasteiger partial charge in [0.25, 0.3) is 0 Å².